The van der Waals surface area contributed by atoms with E-state index in [1.54, 1.807) is 49.4 Å². The second kappa shape index (κ2) is 7.46. The summed E-state index contributed by atoms with van der Waals surface area (Å²) in [6.07, 6.45) is 8.48. The highest BCUT2D eigenvalue weighted by Crippen LogP contribution is 2.69. The normalized spacial score (nSPS) is 22.1. The minimum atomic E-state index is -1.08. The number of aliphatic hydroxyl groups is 1. The van der Waals surface area contributed by atoms with Crippen molar-refractivity contribution in [2.75, 3.05) is 0 Å². The highest BCUT2D eigenvalue weighted by atomic mass is 19.1. The molecule has 0 radical (unpaired) electrons. The molecule has 2 aliphatic carbocycles. The number of nitrogens with zero attached hydrogens (tertiary/aromatic N) is 6. The van der Waals surface area contributed by atoms with Crippen molar-refractivity contribution >= 4 is 0 Å². The van der Waals surface area contributed by atoms with E-state index >= 15 is 0 Å². The molecule has 9 heteroatoms. The fourth-order valence-electron chi connectivity index (χ4n) is 6.21. The minimum Gasteiger partial charge on any atom is -0.384 e. The Balaban J connectivity index is 1.48. The van der Waals surface area contributed by atoms with E-state index in [1.807, 2.05) is 0 Å². The van der Waals surface area contributed by atoms with E-state index in [4.69, 9.17) is 4.98 Å². The molecule has 0 amide bonds. The average molecular weight is 489 g/mol. The van der Waals surface area contributed by atoms with E-state index in [9.17, 15) is 13.9 Å². The molecule has 6 rings (SSSR count). The van der Waals surface area contributed by atoms with Crippen LogP contribution in [0.4, 0.5) is 8.78 Å². The summed E-state index contributed by atoms with van der Waals surface area (Å²) >= 11 is 0. The molecule has 2 atom stereocenters. The molecule has 36 heavy (non-hydrogen) atoms. The number of benzene rings is 1. The maximum atomic E-state index is 14.5. The van der Waals surface area contributed by atoms with Gasteiger partial charge in [-0.2, -0.15) is 5.10 Å². The molecule has 0 unspecified atom stereocenters. The zero-order valence-corrected chi connectivity index (χ0v) is 20.5. The van der Waals surface area contributed by atoms with E-state index in [-0.39, 0.29) is 22.6 Å². The Morgan fingerprint density at radius 3 is 2.56 bits per heavy atom. The summed E-state index contributed by atoms with van der Waals surface area (Å²) in [5.41, 5.74) is 1.18. The Bertz CT molecular complexity index is 1490. The monoisotopic (exact) mass is 488 g/mol. The van der Waals surface area contributed by atoms with Crippen molar-refractivity contribution in [3.05, 3.63) is 83.5 Å². The summed E-state index contributed by atoms with van der Waals surface area (Å²) < 4.78 is 30.7. The average Bonchev–Trinajstić information content (AvgIpc) is 3.48. The van der Waals surface area contributed by atoms with Crippen molar-refractivity contribution in [1.29, 1.82) is 0 Å². The lowest BCUT2D eigenvalue weighted by Gasteiger charge is -2.37. The summed E-state index contributed by atoms with van der Waals surface area (Å²) in [7, 11) is 0. The van der Waals surface area contributed by atoms with E-state index in [1.165, 1.54) is 18.2 Å². The van der Waals surface area contributed by atoms with Crippen LogP contribution in [0.1, 0.15) is 69.1 Å². The van der Waals surface area contributed by atoms with Crippen LogP contribution in [0.15, 0.2) is 49.2 Å². The molecular formula is C27H26F2N6O. The number of imidazole rings is 1. The smallest absolute Gasteiger partial charge is 0.156 e. The maximum Gasteiger partial charge on any atom is 0.156 e. The number of halogens is 2. The van der Waals surface area contributed by atoms with Gasteiger partial charge in [0, 0.05) is 12.4 Å². The summed E-state index contributed by atoms with van der Waals surface area (Å²) in [6, 6.07) is 5.59. The fraction of sp³-hybridized carbons (Fsp3) is 0.370. The Kier molecular flexibility index (Phi) is 4.73. The number of aromatic nitrogens is 6. The molecule has 4 aromatic rings. The highest BCUT2D eigenvalue weighted by molar-refractivity contribution is 5.64. The lowest BCUT2D eigenvalue weighted by atomic mass is 9.66. The largest absolute Gasteiger partial charge is 0.384 e. The van der Waals surface area contributed by atoms with Gasteiger partial charge in [0.15, 0.2) is 5.82 Å². The number of fused-ring (bicyclic) bond motifs is 5. The fourth-order valence-corrected chi connectivity index (χ4v) is 6.21. The second-order valence-corrected chi connectivity index (χ2v) is 10.8. The van der Waals surface area contributed by atoms with Crippen LogP contribution in [-0.2, 0) is 11.0 Å². The van der Waals surface area contributed by atoms with Crippen LogP contribution in [0.5, 0.6) is 0 Å². The molecule has 0 saturated heterocycles. The Morgan fingerprint density at radius 1 is 1.11 bits per heavy atom. The minimum absolute atomic E-state index is 0.136. The Labute approximate surface area is 207 Å². The van der Waals surface area contributed by atoms with Crippen LogP contribution in [0.25, 0.3) is 17.1 Å². The molecule has 1 N–H and O–H groups in total. The van der Waals surface area contributed by atoms with Crippen LogP contribution in [-0.4, -0.2) is 34.8 Å². The van der Waals surface area contributed by atoms with Crippen molar-refractivity contribution in [3.63, 3.8) is 0 Å². The van der Waals surface area contributed by atoms with Gasteiger partial charge in [-0.3, -0.25) is 9.55 Å². The molecule has 0 spiro atoms. The van der Waals surface area contributed by atoms with Crippen LogP contribution in [0.2, 0.25) is 0 Å². The van der Waals surface area contributed by atoms with Gasteiger partial charge in [-0.05, 0) is 61.8 Å². The SMILES string of the molecule is CC(C)(O)c1cn(-c2cncc([C@@]34CC[C@@H](c5cc(-c6c(F)cccc6F)nnc53)C4(C)C)n2)cn1. The molecular weight excluding hydrogens is 462 g/mol. The topological polar surface area (TPSA) is 89.6 Å². The van der Waals surface area contributed by atoms with Crippen LogP contribution >= 0.6 is 0 Å². The van der Waals surface area contributed by atoms with Gasteiger partial charge in [-0.25, -0.2) is 18.7 Å². The number of rotatable bonds is 4. The Morgan fingerprint density at radius 2 is 1.86 bits per heavy atom. The van der Waals surface area contributed by atoms with Gasteiger partial charge in [0.05, 0.1) is 40.0 Å². The molecule has 0 aliphatic heterocycles. The summed E-state index contributed by atoms with van der Waals surface area (Å²) in [4.78, 5) is 13.8. The zero-order chi connectivity index (χ0) is 25.5. The van der Waals surface area contributed by atoms with E-state index in [0.717, 1.165) is 29.8 Å². The molecule has 1 fully saturated rings. The standard InChI is InChI=1S/C27H26F2N6O/c1-25(2)16-8-9-27(25,20-11-30-12-22(32-20)35-13-21(31-14-35)26(3,4)36)24-15(16)10-19(33-34-24)23-17(28)6-5-7-18(23)29/h5-7,10-14,16,36H,8-9H2,1-4H3/t16-,27-/m0/s1. The first-order valence-electron chi connectivity index (χ1n) is 12.0. The summed E-state index contributed by atoms with van der Waals surface area (Å²) in [5.74, 6) is -0.607. The quantitative estimate of drug-likeness (QED) is 0.443. The predicted octanol–water partition coefficient (Wildman–Crippen LogP) is 4.83. The van der Waals surface area contributed by atoms with E-state index in [2.05, 4.69) is 34.0 Å². The van der Waals surface area contributed by atoms with Crippen molar-refractivity contribution in [2.24, 2.45) is 5.41 Å². The van der Waals surface area contributed by atoms with Gasteiger partial charge < -0.3 is 5.11 Å². The molecule has 1 aromatic carbocycles. The Hall–Kier alpha value is -3.59. The molecule has 1 saturated carbocycles. The van der Waals surface area contributed by atoms with Crippen LogP contribution < -0.4 is 0 Å². The molecule has 7 nitrogen and oxygen atoms in total. The van der Waals surface area contributed by atoms with Gasteiger partial charge in [0.25, 0.3) is 0 Å². The van der Waals surface area contributed by atoms with Gasteiger partial charge in [-0.15, -0.1) is 5.10 Å². The third kappa shape index (κ3) is 3.01. The maximum absolute atomic E-state index is 14.5. The molecule has 3 aromatic heterocycles. The van der Waals surface area contributed by atoms with Crippen molar-refractivity contribution < 1.29 is 13.9 Å². The van der Waals surface area contributed by atoms with Crippen LogP contribution in [0, 0.1) is 17.0 Å². The lowest BCUT2D eigenvalue weighted by molar-refractivity contribution is 0.0742. The molecule has 2 bridgehead atoms. The first-order chi connectivity index (χ1) is 17.0. The van der Waals surface area contributed by atoms with E-state index < -0.39 is 22.7 Å². The van der Waals surface area contributed by atoms with Gasteiger partial charge >= 0.3 is 0 Å². The molecule has 3 heterocycles. The predicted molar refractivity (Wildman–Crippen MR) is 128 cm³/mol. The lowest BCUT2D eigenvalue weighted by Crippen LogP contribution is -2.38. The third-order valence-corrected chi connectivity index (χ3v) is 8.13. The first-order valence-corrected chi connectivity index (χ1v) is 12.0. The number of hydrogen-bond acceptors (Lipinski definition) is 6. The van der Waals surface area contributed by atoms with E-state index in [0.29, 0.717) is 11.5 Å². The highest BCUT2D eigenvalue weighted by Gasteiger charge is 2.65. The van der Waals surface area contributed by atoms with Gasteiger partial charge in [-0.1, -0.05) is 19.9 Å². The third-order valence-electron chi connectivity index (χ3n) is 8.13. The summed E-state index contributed by atoms with van der Waals surface area (Å²) in [6.45, 7) is 7.73. The molecule has 2 aliphatic rings. The van der Waals surface area contributed by atoms with Gasteiger partial charge in [0.1, 0.15) is 23.6 Å². The summed E-state index contributed by atoms with van der Waals surface area (Å²) in [5, 5.41) is 19.2. The van der Waals surface area contributed by atoms with Crippen molar-refractivity contribution in [3.8, 4) is 17.1 Å². The first kappa shape index (κ1) is 22.8. The van der Waals surface area contributed by atoms with Crippen molar-refractivity contribution in [1.82, 2.24) is 29.7 Å². The van der Waals surface area contributed by atoms with Gasteiger partial charge in [0.2, 0.25) is 0 Å². The van der Waals surface area contributed by atoms with Crippen LogP contribution in [0.3, 0.4) is 0 Å². The zero-order valence-electron chi connectivity index (χ0n) is 20.5. The van der Waals surface area contributed by atoms with Crippen molar-refractivity contribution in [2.45, 2.75) is 57.5 Å². The molecule has 184 valence electrons. The second-order valence-electron chi connectivity index (χ2n) is 10.8. The number of hydrogen-bond donors (Lipinski definition) is 1.